The first-order chi connectivity index (χ1) is 21.3. The van der Waals surface area contributed by atoms with E-state index in [1.807, 2.05) is 30.6 Å². The molecule has 5 aromatic carbocycles. The monoisotopic (exact) mass is 549 g/mol. The van der Waals surface area contributed by atoms with E-state index in [0.29, 0.717) is 0 Å². The Morgan fingerprint density at radius 2 is 1.12 bits per heavy atom. The van der Waals surface area contributed by atoms with Crippen molar-refractivity contribution in [3.63, 3.8) is 0 Å². The normalized spacial score (nSPS) is 11.3. The fourth-order valence-electron chi connectivity index (χ4n) is 6.10. The maximum Gasteiger partial charge on any atom is 0.0708 e. The number of para-hydroxylation sites is 1. The Morgan fingerprint density at radius 1 is 0.395 bits per heavy atom. The molecule has 0 radical (unpaired) electrons. The van der Waals surface area contributed by atoms with E-state index in [4.69, 9.17) is 4.98 Å². The molecule has 0 aliphatic carbocycles. The van der Waals surface area contributed by atoms with Gasteiger partial charge in [0.15, 0.2) is 0 Å². The molecule has 8 aromatic rings. The fourth-order valence-corrected chi connectivity index (χ4v) is 6.10. The van der Waals surface area contributed by atoms with E-state index >= 15 is 0 Å². The van der Waals surface area contributed by atoms with Gasteiger partial charge in [-0.3, -0.25) is 9.97 Å². The van der Waals surface area contributed by atoms with Crippen LogP contribution in [0.4, 0.5) is 0 Å². The highest BCUT2D eigenvalue weighted by atomic mass is 15.0. The van der Waals surface area contributed by atoms with E-state index in [2.05, 4.69) is 143 Å². The maximum atomic E-state index is 4.71. The molecule has 3 heterocycles. The molecule has 0 saturated heterocycles. The van der Waals surface area contributed by atoms with Crippen LogP contribution in [0.3, 0.4) is 0 Å². The van der Waals surface area contributed by atoms with Crippen LogP contribution < -0.4 is 0 Å². The van der Waals surface area contributed by atoms with E-state index < -0.39 is 0 Å². The first-order valence-corrected chi connectivity index (χ1v) is 14.5. The quantitative estimate of drug-likeness (QED) is 0.214. The minimum atomic E-state index is 0.967. The predicted octanol–water partition coefficient (Wildman–Crippen LogP) is 10.2. The van der Waals surface area contributed by atoms with Crippen molar-refractivity contribution in [1.82, 2.24) is 14.5 Å². The molecule has 0 fully saturated rings. The minimum absolute atomic E-state index is 0.967. The van der Waals surface area contributed by atoms with Gasteiger partial charge in [0.2, 0.25) is 0 Å². The molecule has 202 valence electrons. The molecular weight excluding hydrogens is 522 g/mol. The van der Waals surface area contributed by atoms with Crippen LogP contribution >= 0.6 is 0 Å². The third-order valence-electron chi connectivity index (χ3n) is 8.10. The maximum absolute atomic E-state index is 4.71. The van der Waals surface area contributed by atoms with Gasteiger partial charge in [-0.25, -0.2) is 0 Å². The van der Waals surface area contributed by atoms with Crippen molar-refractivity contribution in [3.05, 3.63) is 164 Å². The molecule has 0 aliphatic heterocycles. The van der Waals surface area contributed by atoms with Crippen LogP contribution in [-0.2, 0) is 0 Å². The van der Waals surface area contributed by atoms with E-state index in [-0.39, 0.29) is 0 Å². The summed E-state index contributed by atoms with van der Waals surface area (Å²) in [6, 6.07) is 53.5. The summed E-state index contributed by atoms with van der Waals surface area (Å²) in [6.07, 6.45) is 3.76. The molecular formula is C40H27N3. The summed E-state index contributed by atoms with van der Waals surface area (Å²) in [6.45, 7) is 0. The number of rotatable bonds is 5. The van der Waals surface area contributed by atoms with Gasteiger partial charge in [0.05, 0.1) is 22.4 Å². The topological polar surface area (TPSA) is 30.7 Å². The number of aromatic nitrogens is 3. The van der Waals surface area contributed by atoms with Gasteiger partial charge in [0.1, 0.15) is 0 Å². The summed E-state index contributed by atoms with van der Waals surface area (Å²) < 4.78 is 2.38. The summed E-state index contributed by atoms with van der Waals surface area (Å²) in [5, 5.41) is 2.45. The molecule has 0 N–H and O–H groups in total. The number of hydrogen-bond acceptors (Lipinski definition) is 2. The van der Waals surface area contributed by atoms with Crippen LogP contribution in [0.5, 0.6) is 0 Å². The zero-order chi connectivity index (χ0) is 28.6. The molecule has 43 heavy (non-hydrogen) atoms. The molecule has 0 atom stereocenters. The van der Waals surface area contributed by atoms with Crippen molar-refractivity contribution in [2.24, 2.45) is 0 Å². The van der Waals surface area contributed by atoms with Gasteiger partial charge in [-0.2, -0.15) is 0 Å². The molecule has 0 amide bonds. The Labute approximate surface area is 250 Å². The molecule has 8 rings (SSSR count). The van der Waals surface area contributed by atoms with Crippen LogP contribution in [-0.4, -0.2) is 14.5 Å². The first-order valence-electron chi connectivity index (χ1n) is 14.5. The van der Waals surface area contributed by atoms with E-state index in [9.17, 15) is 0 Å². The van der Waals surface area contributed by atoms with Gasteiger partial charge >= 0.3 is 0 Å². The lowest BCUT2D eigenvalue weighted by molar-refractivity contribution is 1.18. The summed E-state index contributed by atoms with van der Waals surface area (Å²) >= 11 is 0. The molecule has 0 bridgehead atoms. The zero-order valence-corrected chi connectivity index (χ0v) is 23.4. The number of fused-ring (bicyclic) bond motifs is 3. The van der Waals surface area contributed by atoms with Crippen LogP contribution in [0.1, 0.15) is 0 Å². The standard InChI is InChI=1S/C40H27N3/c1-3-11-28(12-4-1)37-27-31(22-24-42-37)34-17-10-19-39-40(34)35-26-30(20-21-38(35)43(39)33-15-5-2-6-16-33)29-13-9-14-32(25-29)36-18-7-8-23-41-36/h1-27H. The molecule has 0 spiro atoms. The highest BCUT2D eigenvalue weighted by molar-refractivity contribution is 6.16. The van der Waals surface area contributed by atoms with E-state index in [0.717, 1.165) is 33.8 Å². The van der Waals surface area contributed by atoms with Crippen molar-refractivity contribution < 1.29 is 0 Å². The van der Waals surface area contributed by atoms with Gasteiger partial charge in [-0.05, 0) is 82.9 Å². The smallest absolute Gasteiger partial charge is 0.0708 e. The molecule has 3 heteroatoms. The number of pyridine rings is 2. The molecule has 3 nitrogen and oxygen atoms in total. The Kier molecular flexibility index (Phi) is 6.12. The number of hydrogen-bond donors (Lipinski definition) is 0. The van der Waals surface area contributed by atoms with E-state index in [1.165, 1.54) is 38.5 Å². The predicted molar refractivity (Wildman–Crippen MR) is 178 cm³/mol. The lowest BCUT2D eigenvalue weighted by Gasteiger charge is -2.09. The second kappa shape index (κ2) is 10.6. The van der Waals surface area contributed by atoms with Crippen LogP contribution in [0, 0.1) is 0 Å². The Bertz CT molecular complexity index is 2220. The summed E-state index contributed by atoms with van der Waals surface area (Å²) in [5.74, 6) is 0. The van der Waals surface area contributed by atoms with Crippen LogP contribution in [0.15, 0.2) is 164 Å². The van der Waals surface area contributed by atoms with Crippen molar-refractivity contribution in [3.8, 4) is 50.5 Å². The van der Waals surface area contributed by atoms with Gasteiger partial charge in [-0.1, -0.05) is 91.0 Å². The Morgan fingerprint density at radius 3 is 1.95 bits per heavy atom. The second-order valence-corrected chi connectivity index (χ2v) is 10.7. The van der Waals surface area contributed by atoms with Crippen molar-refractivity contribution in [2.45, 2.75) is 0 Å². The van der Waals surface area contributed by atoms with E-state index in [1.54, 1.807) is 0 Å². The third kappa shape index (κ3) is 4.48. The molecule has 0 aliphatic rings. The SMILES string of the molecule is c1ccc(-c2cc(-c3cccc4c3c3cc(-c5cccc(-c6ccccn6)c5)ccc3n4-c3ccccc3)ccn2)cc1. The van der Waals surface area contributed by atoms with Gasteiger partial charge in [0, 0.05) is 40.0 Å². The third-order valence-corrected chi connectivity index (χ3v) is 8.10. The largest absolute Gasteiger partial charge is 0.309 e. The van der Waals surface area contributed by atoms with Gasteiger partial charge < -0.3 is 4.57 Å². The second-order valence-electron chi connectivity index (χ2n) is 10.7. The summed E-state index contributed by atoms with van der Waals surface area (Å²) in [4.78, 5) is 9.28. The fraction of sp³-hybridized carbons (Fsp3) is 0. The number of nitrogens with zero attached hydrogens (tertiary/aromatic N) is 3. The van der Waals surface area contributed by atoms with Crippen molar-refractivity contribution in [2.75, 3.05) is 0 Å². The zero-order valence-electron chi connectivity index (χ0n) is 23.4. The highest BCUT2D eigenvalue weighted by Gasteiger charge is 2.17. The minimum Gasteiger partial charge on any atom is -0.309 e. The first kappa shape index (κ1) is 25.0. The molecule has 0 unspecified atom stereocenters. The number of benzene rings is 5. The molecule has 0 saturated carbocycles. The van der Waals surface area contributed by atoms with Gasteiger partial charge in [-0.15, -0.1) is 0 Å². The lowest BCUT2D eigenvalue weighted by Crippen LogP contribution is -1.93. The molecule has 3 aromatic heterocycles. The van der Waals surface area contributed by atoms with Crippen molar-refractivity contribution in [1.29, 1.82) is 0 Å². The average Bonchev–Trinajstić information content (AvgIpc) is 3.43. The Hall–Kier alpha value is -5.80. The summed E-state index contributed by atoms with van der Waals surface area (Å²) in [7, 11) is 0. The lowest BCUT2D eigenvalue weighted by atomic mass is 9.96. The average molecular weight is 550 g/mol. The summed E-state index contributed by atoms with van der Waals surface area (Å²) in [5.41, 5.74) is 12.3. The Balaban J connectivity index is 1.37. The van der Waals surface area contributed by atoms with Crippen LogP contribution in [0.25, 0.3) is 72.3 Å². The van der Waals surface area contributed by atoms with Gasteiger partial charge in [0.25, 0.3) is 0 Å². The van der Waals surface area contributed by atoms with Crippen LogP contribution in [0.2, 0.25) is 0 Å². The highest BCUT2D eigenvalue weighted by Crippen LogP contribution is 2.40. The van der Waals surface area contributed by atoms with Crippen molar-refractivity contribution >= 4 is 21.8 Å².